The van der Waals surface area contributed by atoms with Gasteiger partial charge in [-0.25, -0.2) is 0 Å². The Morgan fingerprint density at radius 3 is 2.90 bits per heavy atom. The summed E-state index contributed by atoms with van der Waals surface area (Å²) in [4.78, 5) is 11.3. The SMILES string of the molecule is CCOCC(=O)NCCOc1ccc(-c2ccco2)nn1. The summed E-state index contributed by atoms with van der Waals surface area (Å²) >= 11 is 0. The highest BCUT2D eigenvalue weighted by molar-refractivity contribution is 5.77. The van der Waals surface area contributed by atoms with Gasteiger partial charge in [-0.15, -0.1) is 10.2 Å². The van der Waals surface area contributed by atoms with Crippen molar-refractivity contribution < 1.29 is 18.7 Å². The average Bonchev–Trinajstić information content (AvgIpc) is 3.04. The molecule has 0 aliphatic carbocycles. The molecule has 0 aliphatic heterocycles. The van der Waals surface area contributed by atoms with Crippen molar-refractivity contribution in [3.8, 4) is 17.3 Å². The number of nitrogens with zero attached hydrogens (tertiary/aromatic N) is 2. The predicted molar refractivity (Wildman–Crippen MR) is 74.7 cm³/mol. The van der Waals surface area contributed by atoms with Gasteiger partial charge in [-0.05, 0) is 25.1 Å². The average molecular weight is 291 g/mol. The van der Waals surface area contributed by atoms with Crippen LogP contribution in [0.3, 0.4) is 0 Å². The van der Waals surface area contributed by atoms with Crippen molar-refractivity contribution in [1.29, 1.82) is 0 Å². The minimum Gasteiger partial charge on any atom is -0.475 e. The van der Waals surface area contributed by atoms with Gasteiger partial charge in [0.2, 0.25) is 11.8 Å². The number of hydrogen-bond acceptors (Lipinski definition) is 6. The lowest BCUT2D eigenvalue weighted by Crippen LogP contribution is -2.31. The first-order chi connectivity index (χ1) is 10.3. The van der Waals surface area contributed by atoms with Crippen molar-refractivity contribution in [2.24, 2.45) is 0 Å². The molecule has 0 bridgehead atoms. The molecule has 0 radical (unpaired) electrons. The molecule has 0 spiro atoms. The zero-order chi connectivity index (χ0) is 14.9. The molecule has 0 atom stereocenters. The first-order valence-corrected chi connectivity index (χ1v) is 6.64. The number of nitrogens with one attached hydrogen (secondary N) is 1. The number of hydrogen-bond donors (Lipinski definition) is 1. The molecule has 0 saturated carbocycles. The summed E-state index contributed by atoms with van der Waals surface area (Å²) in [5, 5.41) is 10.6. The second-order valence-corrected chi connectivity index (χ2v) is 4.07. The topological polar surface area (TPSA) is 86.5 Å². The van der Waals surface area contributed by atoms with Crippen molar-refractivity contribution in [1.82, 2.24) is 15.5 Å². The fourth-order valence-corrected chi connectivity index (χ4v) is 1.54. The maximum atomic E-state index is 11.3. The van der Waals surface area contributed by atoms with Gasteiger partial charge < -0.3 is 19.2 Å². The Bertz CT molecular complexity index is 540. The molecular weight excluding hydrogens is 274 g/mol. The molecule has 0 aliphatic rings. The van der Waals surface area contributed by atoms with Crippen LogP contribution in [0.2, 0.25) is 0 Å². The molecule has 2 rings (SSSR count). The third-order valence-corrected chi connectivity index (χ3v) is 2.53. The van der Waals surface area contributed by atoms with E-state index in [1.807, 2.05) is 6.92 Å². The summed E-state index contributed by atoms with van der Waals surface area (Å²) in [6.45, 7) is 3.11. The first kappa shape index (κ1) is 15.0. The molecule has 7 nitrogen and oxygen atoms in total. The van der Waals surface area contributed by atoms with Crippen molar-refractivity contribution in [2.45, 2.75) is 6.92 Å². The molecular formula is C14H17N3O4. The third kappa shape index (κ3) is 4.88. The summed E-state index contributed by atoms with van der Waals surface area (Å²) in [5.41, 5.74) is 0.636. The van der Waals surface area contributed by atoms with Gasteiger partial charge in [0.25, 0.3) is 0 Å². The summed E-state index contributed by atoms with van der Waals surface area (Å²) < 4.78 is 15.6. The zero-order valence-corrected chi connectivity index (χ0v) is 11.7. The molecule has 1 amide bonds. The normalized spacial score (nSPS) is 10.3. The van der Waals surface area contributed by atoms with Crippen LogP contribution in [-0.2, 0) is 9.53 Å². The number of carbonyl (C=O) groups excluding carboxylic acids is 1. The quantitative estimate of drug-likeness (QED) is 0.737. The van der Waals surface area contributed by atoms with Crippen LogP contribution < -0.4 is 10.1 Å². The van der Waals surface area contributed by atoms with E-state index in [9.17, 15) is 4.79 Å². The number of ether oxygens (including phenoxy) is 2. The largest absolute Gasteiger partial charge is 0.475 e. The van der Waals surface area contributed by atoms with E-state index < -0.39 is 0 Å². The predicted octanol–water partition coefficient (Wildman–Crippen LogP) is 1.27. The summed E-state index contributed by atoms with van der Waals surface area (Å²) in [6.07, 6.45) is 1.58. The van der Waals surface area contributed by atoms with Gasteiger partial charge in [-0.3, -0.25) is 4.79 Å². The van der Waals surface area contributed by atoms with Gasteiger partial charge in [0.15, 0.2) is 5.76 Å². The smallest absolute Gasteiger partial charge is 0.246 e. The van der Waals surface area contributed by atoms with E-state index in [-0.39, 0.29) is 12.5 Å². The Hall–Kier alpha value is -2.41. The highest BCUT2D eigenvalue weighted by Crippen LogP contribution is 2.17. The van der Waals surface area contributed by atoms with E-state index in [0.717, 1.165) is 0 Å². The Morgan fingerprint density at radius 2 is 2.24 bits per heavy atom. The molecule has 2 aromatic rings. The van der Waals surface area contributed by atoms with Crippen molar-refractivity contribution >= 4 is 5.91 Å². The lowest BCUT2D eigenvalue weighted by Gasteiger charge is -2.06. The van der Waals surface area contributed by atoms with E-state index in [1.165, 1.54) is 0 Å². The monoisotopic (exact) mass is 291 g/mol. The standard InChI is InChI=1S/C14H17N3O4/c1-2-19-10-13(18)15-7-9-21-14-6-5-11(16-17-14)12-4-3-8-20-12/h3-6,8H,2,7,9-10H2,1H3,(H,15,18). The molecule has 0 saturated heterocycles. The molecule has 1 N–H and O–H groups in total. The van der Waals surface area contributed by atoms with E-state index >= 15 is 0 Å². The molecule has 0 aromatic carbocycles. The third-order valence-electron chi connectivity index (χ3n) is 2.53. The Labute approximate surface area is 122 Å². The zero-order valence-electron chi connectivity index (χ0n) is 11.7. The van der Waals surface area contributed by atoms with Crippen molar-refractivity contribution in [3.05, 3.63) is 30.5 Å². The van der Waals surface area contributed by atoms with Crippen LogP contribution in [0, 0.1) is 0 Å². The van der Waals surface area contributed by atoms with E-state index in [0.29, 0.717) is 37.1 Å². The fraction of sp³-hybridized carbons (Fsp3) is 0.357. The van der Waals surface area contributed by atoms with Crippen molar-refractivity contribution in [2.75, 3.05) is 26.4 Å². The maximum Gasteiger partial charge on any atom is 0.246 e. The molecule has 2 aromatic heterocycles. The minimum absolute atomic E-state index is 0.0636. The highest BCUT2D eigenvalue weighted by Gasteiger charge is 2.04. The Kier molecular flexibility index (Phi) is 5.71. The van der Waals surface area contributed by atoms with Gasteiger partial charge in [0.1, 0.15) is 18.9 Å². The van der Waals surface area contributed by atoms with Gasteiger partial charge >= 0.3 is 0 Å². The van der Waals surface area contributed by atoms with Crippen LogP contribution in [0.5, 0.6) is 5.88 Å². The van der Waals surface area contributed by atoms with E-state index in [1.54, 1.807) is 30.5 Å². The van der Waals surface area contributed by atoms with Gasteiger partial charge in [-0.2, -0.15) is 0 Å². The molecule has 112 valence electrons. The number of furan rings is 1. The molecule has 21 heavy (non-hydrogen) atoms. The second-order valence-electron chi connectivity index (χ2n) is 4.07. The summed E-state index contributed by atoms with van der Waals surface area (Å²) in [7, 11) is 0. The number of amides is 1. The lowest BCUT2D eigenvalue weighted by atomic mass is 10.3. The molecule has 0 unspecified atom stereocenters. The van der Waals surface area contributed by atoms with E-state index in [2.05, 4.69) is 15.5 Å². The second kappa shape index (κ2) is 8.01. The summed E-state index contributed by atoms with van der Waals surface area (Å²) in [5.74, 6) is 0.876. The van der Waals surface area contributed by atoms with Crippen LogP contribution >= 0.6 is 0 Å². The van der Waals surface area contributed by atoms with Crippen LogP contribution in [-0.4, -0.2) is 42.5 Å². The fourth-order valence-electron chi connectivity index (χ4n) is 1.54. The van der Waals surface area contributed by atoms with Crippen LogP contribution in [0.1, 0.15) is 6.92 Å². The number of aromatic nitrogens is 2. The molecule has 0 fully saturated rings. The first-order valence-electron chi connectivity index (χ1n) is 6.64. The number of rotatable bonds is 8. The Morgan fingerprint density at radius 1 is 1.33 bits per heavy atom. The lowest BCUT2D eigenvalue weighted by molar-refractivity contribution is -0.125. The van der Waals surface area contributed by atoms with E-state index in [4.69, 9.17) is 13.9 Å². The van der Waals surface area contributed by atoms with Crippen LogP contribution in [0.15, 0.2) is 34.9 Å². The van der Waals surface area contributed by atoms with Gasteiger partial charge in [0, 0.05) is 12.7 Å². The van der Waals surface area contributed by atoms with Crippen LogP contribution in [0.4, 0.5) is 0 Å². The number of carbonyl (C=O) groups is 1. The minimum atomic E-state index is -0.167. The molecule has 7 heteroatoms. The highest BCUT2D eigenvalue weighted by atomic mass is 16.5. The van der Waals surface area contributed by atoms with Gasteiger partial charge in [0.05, 0.1) is 12.8 Å². The Balaban J connectivity index is 1.71. The van der Waals surface area contributed by atoms with Crippen molar-refractivity contribution in [3.63, 3.8) is 0 Å². The summed E-state index contributed by atoms with van der Waals surface area (Å²) in [6, 6.07) is 7.05. The molecule has 2 heterocycles. The maximum absolute atomic E-state index is 11.3. The van der Waals surface area contributed by atoms with Gasteiger partial charge in [-0.1, -0.05) is 0 Å². The van der Waals surface area contributed by atoms with Crippen LogP contribution in [0.25, 0.3) is 11.5 Å².